The van der Waals surface area contributed by atoms with Crippen LogP contribution in [0.4, 0.5) is 0 Å². The molecule has 1 aromatic heterocycles. The van der Waals surface area contributed by atoms with Gasteiger partial charge in [0.1, 0.15) is 5.60 Å². The van der Waals surface area contributed by atoms with E-state index in [1.807, 2.05) is 6.07 Å². The van der Waals surface area contributed by atoms with Crippen molar-refractivity contribution in [2.45, 2.75) is 89.3 Å². The van der Waals surface area contributed by atoms with Crippen molar-refractivity contribution in [1.82, 2.24) is 0 Å². The molecule has 1 saturated heterocycles. The minimum atomic E-state index is -0.245. The van der Waals surface area contributed by atoms with E-state index in [0.717, 1.165) is 24.2 Å². The van der Waals surface area contributed by atoms with Crippen molar-refractivity contribution in [3.05, 3.63) is 34.4 Å². The molecule has 4 aliphatic carbocycles. The highest BCUT2D eigenvalue weighted by Crippen LogP contribution is 2.77. The monoisotopic (exact) mass is 368 g/mol. The van der Waals surface area contributed by atoms with Crippen molar-refractivity contribution in [3.8, 4) is 0 Å². The van der Waals surface area contributed by atoms with Gasteiger partial charge in [-0.2, -0.15) is 0 Å². The quantitative estimate of drug-likeness (QED) is 0.633. The Morgan fingerprint density at radius 3 is 2.70 bits per heavy atom. The summed E-state index contributed by atoms with van der Waals surface area (Å²) in [5.74, 6) is 3.01. The lowest BCUT2D eigenvalue weighted by Gasteiger charge is -2.60. The highest BCUT2D eigenvalue weighted by molar-refractivity contribution is 5.35. The van der Waals surface area contributed by atoms with Crippen LogP contribution in [0.15, 0.2) is 27.6 Å². The fraction of sp³-hybridized carbons (Fsp3) is 0.792. The molecule has 3 nitrogen and oxygen atoms in total. The van der Waals surface area contributed by atoms with Gasteiger partial charge in [-0.3, -0.25) is 0 Å². The van der Waals surface area contributed by atoms with Crippen molar-refractivity contribution in [2.24, 2.45) is 28.6 Å². The van der Waals surface area contributed by atoms with E-state index in [9.17, 15) is 4.79 Å². The van der Waals surface area contributed by atoms with Gasteiger partial charge in [-0.15, -0.1) is 0 Å². The Kier molecular flexibility index (Phi) is 3.29. The molecule has 0 N–H and O–H groups in total. The Morgan fingerprint density at radius 1 is 1.00 bits per heavy atom. The van der Waals surface area contributed by atoms with Gasteiger partial charge in [0.05, 0.1) is 12.4 Å². The number of fused-ring (bicyclic) bond motifs is 3. The van der Waals surface area contributed by atoms with E-state index in [-0.39, 0.29) is 16.6 Å². The highest BCUT2D eigenvalue weighted by atomic mass is 16.6. The second kappa shape index (κ2) is 5.28. The van der Waals surface area contributed by atoms with Gasteiger partial charge in [0.15, 0.2) is 0 Å². The molecule has 1 aromatic rings. The zero-order valence-corrected chi connectivity index (χ0v) is 16.7. The number of ether oxygens (including phenoxy) is 1. The van der Waals surface area contributed by atoms with Gasteiger partial charge in [0.2, 0.25) is 0 Å². The van der Waals surface area contributed by atoms with Gasteiger partial charge in [-0.1, -0.05) is 26.7 Å². The topological polar surface area (TPSA) is 42.7 Å². The molecule has 6 rings (SSSR count). The predicted molar refractivity (Wildman–Crippen MR) is 104 cm³/mol. The summed E-state index contributed by atoms with van der Waals surface area (Å²) in [5, 5.41) is 0. The van der Waals surface area contributed by atoms with Crippen LogP contribution in [0.3, 0.4) is 0 Å². The molecule has 0 unspecified atom stereocenters. The van der Waals surface area contributed by atoms with Gasteiger partial charge in [0.25, 0.3) is 0 Å². The van der Waals surface area contributed by atoms with Crippen LogP contribution in [0.1, 0.15) is 83.1 Å². The highest BCUT2D eigenvalue weighted by Gasteiger charge is 2.80. The standard InChI is InChI=1S/C24H32O3/c1-22-11-4-3-5-16(22)7-8-18-17(22)10-12-23(2)19(13-20-24(18,23)27-20)15-6-9-21(25)26-14-15/h6,9,14,16-20H,3-5,7-8,10-13H2,1-2H3/t16-,17+,18-,19-,20-,22+,23-,24-/m1/s1. The Morgan fingerprint density at radius 2 is 1.89 bits per heavy atom. The second-order valence-electron chi connectivity index (χ2n) is 10.8. The molecule has 3 heteroatoms. The average Bonchev–Trinajstić information content (AvgIpc) is 3.32. The van der Waals surface area contributed by atoms with Gasteiger partial charge in [0, 0.05) is 11.5 Å². The molecule has 146 valence electrons. The number of rotatable bonds is 1. The minimum Gasteiger partial charge on any atom is -0.431 e. The maximum Gasteiger partial charge on any atom is 0.335 e. The molecule has 1 spiro atoms. The number of hydrogen-bond acceptors (Lipinski definition) is 3. The molecule has 0 radical (unpaired) electrons. The molecule has 1 aliphatic heterocycles. The molecule has 5 aliphatic rings. The van der Waals surface area contributed by atoms with E-state index >= 15 is 0 Å². The summed E-state index contributed by atoms with van der Waals surface area (Å²) in [7, 11) is 0. The Hall–Kier alpha value is -1.09. The third-order valence-corrected chi connectivity index (χ3v) is 10.1. The Bertz CT molecular complexity index is 809. The predicted octanol–water partition coefficient (Wildman–Crippen LogP) is 5.29. The smallest absolute Gasteiger partial charge is 0.335 e. The van der Waals surface area contributed by atoms with E-state index in [4.69, 9.17) is 9.15 Å². The first-order chi connectivity index (χ1) is 13.0. The van der Waals surface area contributed by atoms with E-state index in [1.54, 1.807) is 12.3 Å². The van der Waals surface area contributed by atoms with Gasteiger partial charge in [-0.25, -0.2) is 4.79 Å². The lowest BCUT2D eigenvalue weighted by Crippen LogP contribution is -2.57. The molecule has 8 atom stereocenters. The Labute approximate surface area is 161 Å². The van der Waals surface area contributed by atoms with Crippen LogP contribution in [-0.4, -0.2) is 11.7 Å². The van der Waals surface area contributed by atoms with Crippen molar-refractivity contribution in [3.63, 3.8) is 0 Å². The summed E-state index contributed by atoms with van der Waals surface area (Å²) in [5.41, 5.74) is 1.80. The van der Waals surface area contributed by atoms with Crippen LogP contribution in [0.5, 0.6) is 0 Å². The summed E-state index contributed by atoms with van der Waals surface area (Å²) in [6, 6.07) is 3.60. The fourth-order valence-electron chi connectivity index (χ4n) is 8.80. The summed E-state index contributed by atoms with van der Waals surface area (Å²) in [4.78, 5) is 11.4. The first-order valence-electron chi connectivity index (χ1n) is 11.3. The molecule has 0 amide bonds. The molecule has 2 heterocycles. The first kappa shape index (κ1) is 16.8. The molecule has 0 aromatic carbocycles. The molecular formula is C24H32O3. The van der Waals surface area contributed by atoms with Gasteiger partial charge in [-0.05, 0) is 85.7 Å². The lowest BCUT2D eigenvalue weighted by molar-refractivity contribution is -0.126. The molecule has 27 heavy (non-hydrogen) atoms. The Balaban J connectivity index is 1.37. The third kappa shape index (κ3) is 1.95. The first-order valence-corrected chi connectivity index (χ1v) is 11.3. The zero-order valence-electron chi connectivity index (χ0n) is 16.7. The summed E-state index contributed by atoms with van der Waals surface area (Å²) in [6.07, 6.45) is 14.4. The molecule has 4 saturated carbocycles. The SMILES string of the molecule is C[C@]12CCCC[C@@H]1CC[C@@H]1[C@@H]2CC[C@]2(C)[C@@H](c3ccc(=O)oc3)C[C@H]3O[C@]132. The fourth-order valence-corrected chi connectivity index (χ4v) is 8.80. The van der Waals surface area contributed by atoms with Gasteiger partial charge < -0.3 is 9.15 Å². The number of hydrogen-bond donors (Lipinski definition) is 0. The van der Waals surface area contributed by atoms with Crippen LogP contribution < -0.4 is 5.63 Å². The maximum absolute atomic E-state index is 11.4. The van der Waals surface area contributed by atoms with E-state index in [2.05, 4.69) is 13.8 Å². The minimum absolute atomic E-state index is 0.0994. The van der Waals surface area contributed by atoms with E-state index < -0.39 is 0 Å². The third-order valence-electron chi connectivity index (χ3n) is 10.1. The van der Waals surface area contributed by atoms with Crippen LogP contribution in [-0.2, 0) is 4.74 Å². The maximum atomic E-state index is 11.4. The van der Waals surface area contributed by atoms with E-state index in [0.29, 0.717) is 17.4 Å². The lowest BCUT2D eigenvalue weighted by atomic mass is 9.44. The van der Waals surface area contributed by atoms with Crippen molar-refractivity contribution in [1.29, 1.82) is 0 Å². The van der Waals surface area contributed by atoms with Crippen LogP contribution >= 0.6 is 0 Å². The van der Waals surface area contributed by atoms with E-state index in [1.165, 1.54) is 56.9 Å². The average molecular weight is 369 g/mol. The molecule has 0 bridgehead atoms. The zero-order chi connectivity index (χ0) is 18.4. The van der Waals surface area contributed by atoms with Crippen molar-refractivity contribution in [2.75, 3.05) is 0 Å². The van der Waals surface area contributed by atoms with Crippen LogP contribution in [0.2, 0.25) is 0 Å². The van der Waals surface area contributed by atoms with Crippen LogP contribution in [0, 0.1) is 28.6 Å². The van der Waals surface area contributed by atoms with Crippen LogP contribution in [0.25, 0.3) is 0 Å². The molecular weight excluding hydrogens is 336 g/mol. The summed E-state index contributed by atoms with van der Waals surface area (Å²) < 4.78 is 11.9. The summed E-state index contributed by atoms with van der Waals surface area (Å²) in [6.45, 7) is 5.11. The molecule has 5 fully saturated rings. The van der Waals surface area contributed by atoms with Gasteiger partial charge >= 0.3 is 5.63 Å². The number of epoxide rings is 1. The van der Waals surface area contributed by atoms with Crippen molar-refractivity contribution < 1.29 is 9.15 Å². The second-order valence-corrected chi connectivity index (χ2v) is 10.8. The summed E-state index contributed by atoms with van der Waals surface area (Å²) >= 11 is 0. The largest absolute Gasteiger partial charge is 0.431 e. The van der Waals surface area contributed by atoms with Crippen molar-refractivity contribution >= 4 is 0 Å². The normalized spacial score (nSPS) is 53.0.